The maximum atomic E-state index is 7.54. The summed E-state index contributed by atoms with van der Waals surface area (Å²) in [6, 6.07) is 4.07. The van der Waals surface area contributed by atoms with Gasteiger partial charge in [-0.25, -0.2) is 0 Å². The Morgan fingerprint density at radius 1 is 0.531 bits per heavy atom. The van der Waals surface area contributed by atoms with Gasteiger partial charge >= 0.3 is 0 Å². The minimum absolute atomic E-state index is 0. The molecule has 2 rings (SSSR count). The molecule has 1 aliphatic carbocycles. The molecule has 0 amide bonds. The van der Waals surface area contributed by atoms with E-state index in [0.717, 1.165) is 21.5 Å². The third-order valence-electron chi connectivity index (χ3n) is 10.5. The molecule has 1 aromatic rings. The van der Waals surface area contributed by atoms with Crippen LogP contribution in [0.4, 0.5) is 5.69 Å². The Kier molecular flexibility index (Phi) is 18.4. The summed E-state index contributed by atoms with van der Waals surface area (Å²) in [7, 11) is -10.6. The van der Waals surface area contributed by atoms with E-state index in [0.29, 0.717) is 9.97 Å². The zero-order valence-corrected chi connectivity index (χ0v) is 47.9. The van der Waals surface area contributed by atoms with Crippen molar-refractivity contribution < 1.29 is 17.0 Å². The summed E-state index contributed by atoms with van der Waals surface area (Å²) in [5, 5.41) is 1.48. The minimum Gasteiger partial charge on any atom is -1.00 e. The second-order valence-corrected chi connectivity index (χ2v) is 62.0. The van der Waals surface area contributed by atoms with Gasteiger partial charge in [0.15, 0.2) is 0 Å². The zero-order chi connectivity index (χ0) is 37.7. The van der Waals surface area contributed by atoms with Gasteiger partial charge in [-0.15, -0.1) is 11.4 Å². The van der Waals surface area contributed by atoms with Crippen LogP contribution in [0.2, 0.25) is 152 Å². The number of hydrogen-bond donors (Lipinski definition) is 0. The standard InChI is InChI=1S/C30H67Si7.C9H12N.BrH.Sb/c1-31(2,3)28(32(4,5)6)25-22-26(29(33(7,8)9)34(10,11)12)24-27(23-25)30(35(13,14)15,36(16,17)18)37(19,20)21;1-6-4-7(2)9(10)8(3)5-6;;/h23-24,28-29H,1-21H3;4-5,10H,1-3H3;1H;/q;-1;;/p-1. The number of nitrogens with one attached hydrogen (secondary N) is 1. The Morgan fingerprint density at radius 3 is 1.08 bits per heavy atom. The summed E-state index contributed by atoms with van der Waals surface area (Å²) < 4.78 is 0.415. The number of hydrogen-bond acceptors (Lipinski definition) is 0. The Morgan fingerprint density at radius 2 is 0.816 bits per heavy atom. The number of benzene rings is 1. The van der Waals surface area contributed by atoms with Crippen LogP contribution in [0.15, 0.2) is 40.7 Å². The van der Waals surface area contributed by atoms with Crippen molar-refractivity contribution in [1.29, 1.82) is 0 Å². The van der Waals surface area contributed by atoms with Crippen LogP contribution in [-0.4, -0.2) is 80.9 Å². The molecule has 0 bridgehead atoms. The molecule has 10 heteroatoms. The Labute approximate surface area is 342 Å². The van der Waals surface area contributed by atoms with Crippen molar-refractivity contribution in [2.24, 2.45) is 0 Å². The zero-order valence-electron chi connectivity index (χ0n) is 36.8. The van der Waals surface area contributed by atoms with Gasteiger partial charge in [0.2, 0.25) is 0 Å². The van der Waals surface area contributed by atoms with Crippen LogP contribution in [0.3, 0.4) is 0 Å². The third kappa shape index (κ3) is 12.3. The molecular weight excluding hydrogens is 881 g/mol. The second-order valence-electron chi connectivity index (χ2n) is 22.4. The monoisotopic (exact) mass is 957 g/mol. The molecule has 0 aliphatic heterocycles. The van der Waals surface area contributed by atoms with Crippen LogP contribution >= 0.6 is 0 Å². The molecule has 1 aromatic carbocycles. The van der Waals surface area contributed by atoms with Gasteiger partial charge in [-0.1, -0.05) is 178 Å². The summed E-state index contributed by atoms with van der Waals surface area (Å²) in [4.78, 5) is 0. The van der Waals surface area contributed by atoms with E-state index in [9.17, 15) is 0 Å². The van der Waals surface area contributed by atoms with Crippen molar-refractivity contribution in [2.45, 2.75) is 173 Å². The SMILES string of the molecule is C[Si](C)(C)C(C1=C=C(C([Si](C)(C)C)[Si](C)(C)C)C=C(C([Si](C)(C)C)([Si](C)(C)C)[Si](C)(C)C)[CH]1)[Si](C)(C)C.Cc1cc(C)c([NH-])c(C)c1.[Br-].[Sb]. The van der Waals surface area contributed by atoms with Crippen LogP contribution in [0, 0.1) is 27.2 Å². The van der Waals surface area contributed by atoms with Crippen molar-refractivity contribution >= 4 is 86.6 Å². The molecule has 1 aliphatic rings. The third-order valence-corrected chi connectivity index (χ3v) is 50.2. The largest absolute Gasteiger partial charge is 1.00 e. The normalized spacial score (nSPS) is 15.4. The van der Waals surface area contributed by atoms with Crippen LogP contribution in [0.1, 0.15) is 16.7 Å². The molecule has 0 saturated carbocycles. The van der Waals surface area contributed by atoms with Gasteiger partial charge in [0.1, 0.15) is 0 Å². The van der Waals surface area contributed by atoms with Crippen LogP contribution in [0.25, 0.3) is 5.73 Å². The first kappa shape index (κ1) is 52.2. The fraction of sp³-hybridized carbons (Fsp3) is 0.692. The second kappa shape index (κ2) is 17.3. The minimum atomic E-state index is -1.59. The first-order chi connectivity index (χ1) is 20.4. The van der Waals surface area contributed by atoms with E-state index in [1.54, 1.807) is 16.7 Å². The van der Waals surface area contributed by atoms with Gasteiger partial charge < -0.3 is 22.7 Å². The van der Waals surface area contributed by atoms with Crippen molar-refractivity contribution in [3.63, 3.8) is 0 Å². The predicted octanol–water partition coefficient (Wildman–Crippen LogP) is 11.5. The van der Waals surface area contributed by atoms with Gasteiger partial charge in [-0.2, -0.15) is 0 Å². The molecule has 1 N–H and O–H groups in total. The van der Waals surface area contributed by atoms with Gasteiger partial charge in [0, 0.05) is 71.2 Å². The summed E-state index contributed by atoms with van der Waals surface area (Å²) >= 11 is 0. The molecule has 4 radical (unpaired) electrons. The van der Waals surface area contributed by atoms with E-state index in [1.165, 1.54) is 5.56 Å². The molecule has 0 heterocycles. The maximum absolute atomic E-state index is 7.54. The van der Waals surface area contributed by atoms with Gasteiger partial charge in [0.05, 0.1) is 16.1 Å². The molecule has 49 heavy (non-hydrogen) atoms. The van der Waals surface area contributed by atoms with Gasteiger partial charge in [-0.3, -0.25) is 0 Å². The fourth-order valence-electron chi connectivity index (χ4n) is 11.5. The number of halogens is 1. The van der Waals surface area contributed by atoms with E-state index < -0.39 is 56.5 Å². The maximum Gasteiger partial charge on any atom is 0.0501 e. The summed E-state index contributed by atoms with van der Waals surface area (Å²) in [6.45, 7) is 62.0. The fourth-order valence-corrected chi connectivity index (χ4v) is 66.6. The van der Waals surface area contributed by atoms with Crippen molar-refractivity contribution in [3.8, 4) is 0 Å². The average Bonchev–Trinajstić information content (AvgIpc) is 2.70. The number of rotatable bonds is 10. The van der Waals surface area contributed by atoms with Crippen LogP contribution < -0.4 is 17.0 Å². The van der Waals surface area contributed by atoms with Gasteiger partial charge in [-0.05, 0) is 46.5 Å². The Hall–Kier alpha value is 1.10. The quantitative estimate of drug-likeness (QED) is 0.165. The molecule has 282 valence electrons. The Balaban J connectivity index is 0. The van der Waals surface area contributed by atoms with Gasteiger partial charge in [0.25, 0.3) is 0 Å². The van der Waals surface area contributed by atoms with Crippen molar-refractivity contribution in [2.75, 3.05) is 0 Å². The molecule has 0 atom stereocenters. The van der Waals surface area contributed by atoms with E-state index in [4.69, 9.17) is 5.73 Å². The first-order valence-electron chi connectivity index (χ1n) is 18.3. The first-order valence-corrected chi connectivity index (χ1v) is 43.1. The average molecular weight is 960 g/mol. The summed E-state index contributed by atoms with van der Waals surface area (Å²) in [5.41, 5.74) is 20.9. The van der Waals surface area contributed by atoms with E-state index >= 15 is 0 Å². The smallest absolute Gasteiger partial charge is 0.0501 e. The summed E-state index contributed by atoms with van der Waals surface area (Å²) in [5.74, 6) is 0. The van der Waals surface area contributed by atoms with Crippen LogP contribution in [-0.2, 0) is 0 Å². The van der Waals surface area contributed by atoms with E-state index in [-0.39, 0.29) is 41.4 Å². The molecule has 1 nitrogen and oxygen atoms in total. The Bertz CT molecular complexity index is 1290. The van der Waals surface area contributed by atoms with E-state index in [2.05, 4.69) is 163 Å². The van der Waals surface area contributed by atoms with E-state index in [1.807, 2.05) is 26.0 Å². The van der Waals surface area contributed by atoms with Crippen molar-refractivity contribution in [3.05, 3.63) is 69.5 Å². The molecule has 0 aromatic heterocycles. The number of allylic oxidation sites excluding steroid dienone is 3. The summed E-state index contributed by atoms with van der Waals surface area (Å²) in [6.07, 6.45) is 5.59. The molecule has 0 fully saturated rings. The van der Waals surface area contributed by atoms with Crippen molar-refractivity contribution in [1.82, 2.24) is 0 Å². The van der Waals surface area contributed by atoms with Crippen LogP contribution in [0.5, 0.6) is 0 Å². The molecule has 0 spiro atoms. The predicted molar refractivity (Wildman–Crippen MR) is 247 cm³/mol. The topological polar surface area (TPSA) is 23.8 Å². The molecule has 0 unspecified atom stereocenters. The molecule has 0 saturated heterocycles. The number of aryl methyl sites for hydroxylation is 3. The molecular formula is C39H79BrNSbSi7-2.